The first-order valence-corrected chi connectivity index (χ1v) is 5.96. The third-order valence-electron chi connectivity index (χ3n) is 2.11. The SMILES string of the molecule is Cc1nc(C(=O)Cc2ccncc2Cl)cs1. The van der Waals surface area contributed by atoms with Crippen LogP contribution in [0.3, 0.4) is 0 Å². The van der Waals surface area contributed by atoms with Crippen molar-refractivity contribution in [3.63, 3.8) is 0 Å². The summed E-state index contributed by atoms with van der Waals surface area (Å²) in [6.45, 7) is 1.88. The van der Waals surface area contributed by atoms with Gasteiger partial charge in [-0.3, -0.25) is 9.78 Å². The Morgan fingerprint density at radius 3 is 3.00 bits per heavy atom. The third kappa shape index (κ3) is 2.46. The first-order chi connectivity index (χ1) is 7.66. The van der Waals surface area contributed by atoms with E-state index in [2.05, 4.69) is 9.97 Å². The number of aromatic nitrogens is 2. The number of Topliss-reactive ketones (excluding diaryl/α,β-unsaturated/α-hetero) is 1. The van der Waals surface area contributed by atoms with Crippen molar-refractivity contribution in [1.29, 1.82) is 0 Å². The van der Waals surface area contributed by atoms with Crippen LogP contribution < -0.4 is 0 Å². The van der Waals surface area contributed by atoms with Crippen molar-refractivity contribution in [1.82, 2.24) is 9.97 Å². The summed E-state index contributed by atoms with van der Waals surface area (Å²) in [4.78, 5) is 19.9. The van der Waals surface area contributed by atoms with Crippen LogP contribution in [0.5, 0.6) is 0 Å². The molecular weight excluding hydrogens is 244 g/mol. The van der Waals surface area contributed by atoms with Crippen LogP contribution in [0.4, 0.5) is 0 Å². The Morgan fingerprint density at radius 1 is 1.56 bits per heavy atom. The van der Waals surface area contributed by atoms with Crippen LogP contribution in [0.25, 0.3) is 0 Å². The van der Waals surface area contributed by atoms with Crippen molar-refractivity contribution in [2.75, 3.05) is 0 Å². The van der Waals surface area contributed by atoms with E-state index in [-0.39, 0.29) is 12.2 Å². The van der Waals surface area contributed by atoms with Gasteiger partial charge in [-0.25, -0.2) is 4.98 Å². The summed E-state index contributed by atoms with van der Waals surface area (Å²) in [7, 11) is 0. The minimum atomic E-state index is -0.0162. The highest BCUT2D eigenvalue weighted by atomic mass is 35.5. The molecule has 2 aromatic rings. The van der Waals surface area contributed by atoms with Crippen molar-refractivity contribution in [2.24, 2.45) is 0 Å². The molecule has 0 unspecified atom stereocenters. The minimum Gasteiger partial charge on any atom is -0.292 e. The molecule has 0 spiro atoms. The van der Waals surface area contributed by atoms with E-state index in [0.29, 0.717) is 10.7 Å². The molecule has 82 valence electrons. The quantitative estimate of drug-likeness (QED) is 0.789. The van der Waals surface area contributed by atoms with Gasteiger partial charge in [0.25, 0.3) is 0 Å². The molecule has 0 aliphatic heterocycles. The van der Waals surface area contributed by atoms with Gasteiger partial charge in [-0.2, -0.15) is 0 Å². The van der Waals surface area contributed by atoms with E-state index in [0.717, 1.165) is 10.6 Å². The number of carbonyl (C=O) groups is 1. The van der Waals surface area contributed by atoms with Gasteiger partial charge in [-0.05, 0) is 18.6 Å². The van der Waals surface area contributed by atoms with Gasteiger partial charge >= 0.3 is 0 Å². The first-order valence-electron chi connectivity index (χ1n) is 4.70. The van der Waals surface area contributed by atoms with Gasteiger partial charge in [0.05, 0.1) is 10.0 Å². The van der Waals surface area contributed by atoms with Crippen molar-refractivity contribution in [3.8, 4) is 0 Å². The maximum Gasteiger partial charge on any atom is 0.186 e. The molecule has 2 rings (SSSR count). The summed E-state index contributed by atoms with van der Waals surface area (Å²) in [6, 6.07) is 1.75. The molecule has 0 radical (unpaired) electrons. The maximum atomic E-state index is 11.8. The Balaban J connectivity index is 2.17. The number of nitrogens with zero attached hydrogens (tertiary/aromatic N) is 2. The second-order valence-corrected chi connectivity index (χ2v) is 4.79. The van der Waals surface area contributed by atoms with Crippen LogP contribution in [0.1, 0.15) is 21.1 Å². The second-order valence-electron chi connectivity index (χ2n) is 3.32. The number of ketones is 1. The van der Waals surface area contributed by atoms with E-state index in [1.165, 1.54) is 17.5 Å². The average Bonchev–Trinajstić information content (AvgIpc) is 2.68. The second kappa shape index (κ2) is 4.72. The number of thiazole rings is 1. The number of hydrogen-bond acceptors (Lipinski definition) is 4. The third-order valence-corrected chi connectivity index (χ3v) is 3.23. The molecule has 5 heteroatoms. The molecule has 0 amide bonds. The van der Waals surface area contributed by atoms with Gasteiger partial charge in [-0.1, -0.05) is 11.6 Å². The predicted molar refractivity (Wildman–Crippen MR) is 64.1 cm³/mol. The molecule has 16 heavy (non-hydrogen) atoms. The molecule has 2 aromatic heterocycles. The van der Waals surface area contributed by atoms with Crippen LogP contribution in [0.15, 0.2) is 23.8 Å². The Labute approximate surface area is 102 Å². The van der Waals surface area contributed by atoms with Crippen LogP contribution in [0.2, 0.25) is 5.02 Å². The van der Waals surface area contributed by atoms with E-state index in [4.69, 9.17) is 11.6 Å². The molecule has 0 aliphatic rings. The smallest absolute Gasteiger partial charge is 0.186 e. The van der Waals surface area contributed by atoms with Crippen LogP contribution in [0, 0.1) is 6.92 Å². The van der Waals surface area contributed by atoms with Crippen LogP contribution in [-0.2, 0) is 6.42 Å². The lowest BCUT2D eigenvalue weighted by Crippen LogP contribution is -2.04. The predicted octanol–water partition coefficient (Wildman–Crippen LogP) is 2.93. The van der Waals surface area contributed by atoms with Gasteiger partial charge in [0, 0.05) is 24.2 Å². The standard InChI is InChI=1S/C11H9ClN2OS/c1-7-14-10(6-16-7)11(15)4-8-2-3-13-5-9(8)12/h2-3,5-6H,4H2,1H3. The summed E-state index contributed by atoms with van der Waals surface area (Å²) < 4.78 is 0. The Morgan fingerprint density at radius 2 is 2.38 bits per heavy atom. The lowest BCUT2D eigenvalue weighted by atomic mass is 10.1. The zero-order valence-electron chi connectivity index (χ0n) is 8.61. The number of hydrogen-bond donors (Lipinski definition) is 0. The number of pyridine rings is 1. The van der Waals surface area contributed by atoms with Gasteiger partial charge < -0.3 is 0 Å². The molecule has 0 fully saturated rings. The van der Waals surface area contributed by atoms with Gasteiger partial charge in [0.2, 0.25) is 0 Å². The van der Waals surface area contributed by atoms with E-state index >= 15 is 0 Å². The number of aryl methyl sites for hydroxylation is 1. The summed E-state index contributed by atoms with van der Waals surface area (Å²) >= 11 is 7.40. The largest absolute Gasteiger partial charge is 0.292 e. The summed E-state index contributed by atoms with van der Waals surface area (Å²) in [5.41, 5.74) is 1.29. The zero-order chi connectivity index (χ0) is 11.5. The molecule has 0 aromatic carbocycles. The summed E-state index contributed by atoms with van der Waals surface area (Å²) in [6.07, 6.45) is 3.43. The minimum absolute atomic E-state index is 0.0162. The lowest BCUT2D eigenvalue weighted by Gasteiger charge is -2.00. The Bertz CT molecular complexity index is 524. The van der Waals surface area contributed by atoms with Crippen LogP contribution in [-0.4, -0.2) is 15.8 Å². The summed E-state index contributed by atoms with van der Waals surface area (Å²) in [5.74, 6) is -0.0162. The first kappa shape index (κ1) is 11.2. The fourth-order valence-corrected chi connectivity index (χ4v) is 2.11. The van der Waals surface area contributed by atoms with E-state index < -0.39 is 0 Å². The Hall–Kier alpha value is -1.26. The number of rotatable bonds is 3. The molecule has 0 atom stereocenters. The van der Waals surface area contributed by atoms with Crippen molar-refractivity contribution < 1.29 is 4.79 Å². The molecular formula is C11H9ClN2OS. The zero-order valence-corrected chi connectivity index (χ0v) is 10.2. The molecule has 0 aliphatic carbocycles. The van der Waals surface area contributed by atoms with Crippen molar-refractivity contribution in [3.05, 3.63) is 45.1 Å². The topological polar surface area (TPSA) is 42.9 Å². The van der Waals surface area contributed by atoms with E-state index in [1.54, 1.807) is 17.6 Å². The Kier molecular flexibility index (Phi) is 3.31. The average molecular weight is 253 g/mol. The van der Waals surface area contributed by atoms with Crippen molar-refractivity contribution in [2.45, 2.75) is 13.3 Å². The molecule has 0 saturated carbocycles. The monoisotopic (exact) mass is 252 g/mol. The molecule has 0 saturated heterocycles. The highest BCUT2D eigenvalue weighted by Crippen LogP contribution is 2.17. The fourth-order valence-electron chi connectivity index (χ4n) is 1.30. The lowest BCUT2D eigenvalue weighted by molar-refractivity contribution is 0.0989. The highest BCUT2D eigenvalue weighted by molar-refractivity contribution is 7.09. The van der Waals surface area contributed by atoms with E-state index in [9.17, 15) is 4.79 Å². The van der Waals surface area contributed by atoms with E-state index in [1.807, 2.05) is 6.92 Å². The number of carbonyl (C=O) groups excluding carboxylic acids is 1. The molecule has 0 N–H and O–H groups in total. The molecule has 0 bridgehead atoms. The molecule has 2 heterocycles. The van der Waals surface area contributed by atoms with Crippen molar-refractivity contribution >= 4 is 28.7 Å². The maximum absolute atomic E-state index is 11.8. The number of halogens is 1. The highest BCUT2D eigenvalue weighted by Gasteiger charge is 2.12. The van der Waals surface area contributed by atoms with Gasteiger partial charge in [0.15, 0.2) is 5.78 Å². The normalized spacial score (nSPS) is 10.4. The fraction of sp³-hybridized carbons (Fsp3) is 0.182. The van der Waals surface area contributed by atoms with Gasteiger partial charge in [-0.15, -0.1) is 11.3 Å². The van der Waals surface area contributed by atoms with Crippen LogP contribution >= 0.6 is 22.9 Å². The summed E-state index contributed by atoms with van der Waals surface area (Å²) in [5, 5.41) is 3.18. The van der Waals surface area contributed by atoms with Gasteiger partial charge in [0.1, 0.15) is 5.69 Å². The molecule has 3 nitrogen and oxygen atoms in total.